The zero-order valence-electron chi connectivity index (χ0n) is 14.7. The maximum atomic E-state index is 12.9. The van der Waals surface area contributed by atoms with Crippen LogP contribution < -0.4 is 14.9 Å². The van der Waals surface area contributed by atoms with Crippen LogP contribution >= 0.6 is 15.9 Å². The van der Waals surface area contributed by atoms with Gasteiger partial charge in [-0.1, -0.05) is 28.1 Å². The first kappa shape index (κ1) is 18.9. The Bertz CT molecular complexity index is 912. The van der Waals surface area contributed by atoms with Crippen molar-refractivity contribution in [2.24, 2.45) is 5.10 Å². The minimum absolute atomic E-state index is 0.284. The molecule has 0 aromatic heterocycles. The minimum atomic E-state index is -0.284. The van der Waals surface area contributed by atoms with E-state index in [-0.39, 0.29) is 5.82 Å². The lowest BCUT2D eigenvalue weighted by Crippen LogP contribution is -1.98. The van der Waals surface area contributed by atoms with Crippen molar-refractivity contribution >= 4 is 27.8 Å². The number of halogens is 2. The highest BCUT2D eigenvalue weighted by Gasteiger charge is 2.06. The third-order valence-electron chi connectivity index (χ3n) is 3.75. The van der Waals surface area contributed by atoms with Crippen molar-refractivity contribution in [1.29, 1.82) is 0 Å². The molecular formula is C21H18BrFN2O2. The number of methoxy groups -OCH3 is 1. The van der Waals surface area contributed by atoms with E-state index in [0.29, 0.717) is 23.8 Å². The van der Waals surface area contributed by atoms with Gasteiger partial charge in [0.05, 0.1) is 19.0 Å². The van der Waals surface area contributed by atoms with Crippen molar-refractivity contribution < 1.29 is 13.9 Å². The molecule has 0 saturated carbocycles. The molecule has 0 aliphatic rings. The number of rotatable bonds is 7. The molecular weight excluding hydrogens is 411 g/mol. The van der Waals surface area contributed by atoms with Crippen molar-refractivity contribution in [1.82, 2.24) is 0 Å². The van der Waals surface area contributed by atoms with Gasteiger partial charge in [-0.05, 0) is 65.7 Å². The summed E-state index contributed by atoms with van der Waals surface area (Å²) in [6.45, 7) is 0.448. The molecule has 0 bridgehead atoms. The molecule has 138 valence electrons. The van der Waals surface area contributed by atoms with E-state index in [4.69, 9.17) is 9.47 Å². The summed E-state index contributed by atoms with van der Waals surface area (Å²) in [6, 6.07) is 19.5. The van der Waals surface area contributed by atoms with Gasteiger partial charge in [-0.25, -0.2) is 4.39 Å². The van der Waals surface area contributed by atoms with E-state index < -0.39 is 0 Å². The molecule has 3 aromatic rings. The molecule has 0 aliphatic carbocycles. The summed E-state index contributed by atoms with van der Waals surface area (Å²) in [5, 5.41) is 4.15. The maximum absolute atomic E-state index is 12.9. The van der Waals surface area contributed by atoms with Gasteiger partial charge in [0, 0.05) is 4.47 Å². The third-order valence-corrected chi connectivity index (χ3v) is 4.28. The van der Waals surface area contributed by atoms with Crippen LogP contribution in [-0.4, -0.2) is 13.3 Å². The van der Waals surface area contributed by atoms with E-state index in [9.17, 15) is 4.39 Å². The fourth-order valence-electron chi connectivity index (χ4n) is 2.33. The Balaban J connectivity index is 1.63. The minimum Gasteiger partial charge on any atom is -0.493 e. The lowest BCUT2D eigenvalue weighted by Gasteiger charge is -2.11. The predicted octanol–water partition coefficient (Wildman–Crippen LogP) is 5.62. The Hall–Kier alpha value is -2.86. The van der Waals surface area contributed by atoms with Gasteiger partial charge in [0.1, 0.15) is 12.4 Å². The van der Waals surface area contributed by atoms with Gasteiger partial charge in [0.15, 0.2) is 11.5 Å². The SMILES string of the molecule is COc1cc(/C=N/Nc2ccc(F)cc2)ccc1OCc1ccc(Br)cc1. The second-order valence-corrected chi connectivity index (χ2v) is 6.62. The van der Waals surface area contributed by atoms with Gasteiger partial charge in [0.25, 0.3) is 0 Å². The molecule has 4 nitrogen and oxygen atoms in total. The number of ether oxygens (including phenoxy) is 2. The van der Waals surface area contributed by atoms with Crippen LogP contribution in [0.25, 0.3) is 0 Å². The average Bonchev–Trinajstić information content (AvgIpc) is 2.69. The Morgan fingerprint density at radius 1 is 1.00 bits per heavy atom. The molecule has 0 aliphatic heterocycles. The normalized spacial score (nSPS) is 10.8. The summed E-state index contributed by atoms with van der Waals surface area (Å²) in [7, 11) is 1.60. The van der Waals surface area contributed by atoms with Crippen molar-refractivity contribution in [3.8, 4) is 11.5 Å². The van der Waals surface area contributed by atoms with Crippen LogP contribution in [0.5, 0.6) is 11.5 Å². The smallest absolute Gasteiger partial charge is 0.161 e. The second kappa shape index (κ2) is 9.19. The maximum Gasteiger partial charge on any atom is 0.161 e. The summed E-state index contributed by atoms with van der Waals surface area (Å²) < 4.78 is 25.2. The lowest BCUT2D eigenvalue weighted by molar-refractivity contribution is 0.284. The number of benzene rings is 3. The Morgan fingerprint density at radius 3 is 2.44 bits per heavy atom. The zero-order valence-corrected chi connectivity index (χ0v) is 16.2. The fraction of sp³-hybridized carbons (Fsp3) is 0.0952. The summed E-state index contributed by atoms with van der Waals surface area (Å²) in [4.78, 5) is 0. The summed E-state index contributed by atoms with van der Waals surface area (Å²) in [5.41, 5.74) is 5.46. The van der Waals surface area contributed by atoms with Crippen LogP contribution in [0.4, 0.5) is 10.1 Å². The standard InChI is InChI=1S/C21H18BrFN2O2/c1-26-21-12-16(13-24-25-19-9-7-18(23)8-10-19)4-11-20(21)27-14-15-2-5-17(22)6-3-15/h2-13,25H,14H2,1H3/b24-13+. The van der Waals surface area contributed by atoms with Crippen molar-refractivity contribution in [3.05, 3.63) is 88.1 Å². The fourth-order valence-corrected chi connectivity index (χ4v) is 2.60. The zero-order chi connectivity index (χ0) is 19.1. The first-order valence-corrected chi connectivity index (χ1v) is 9.03. The van der Waals surface area contributed by atoms with Gasteiger partial charge < -0.3 is 9.47 Å². The molecule has 0 heterocycles. The third kappa shape index (κ3) is 5.56. The van der Waals surface area contributed by atoms with Crippen LogP contribution in [0.3, 0.4) is 0 Å². The van der Waals surface area contributed by atoms with E-state index in [1.54, 1.807) is 25.5 Å². The molecule has 27 heavy (non-hydrogen) atoms. The molecule has 0 radical (unpaired) electrons. The van der Waals surface area contributed by atoms with Crippen LogP contribution in [0.1, 0.15) is 11.1 Å². The summed E-state index contributed by atoms with van der Waals surface area (Å²) in [6.07, 6.45) is 1.66. The van der Waals surface area contributed by atoms with Crippen LogP contribution in [0, 0.1) is 5.82 Å². The van der Waals surface area contributed by atoms with Gasteiger partial charge >= 0.3 is 0 Å². The monoisotopic (exact) mass is 428 g/mol. The average molecular weight is 429 g/mol. The molecule has 6 heteroatoms. The van der Waals surface area contributed by atoms with E-state index in [1.165, 1.54) is 12.1 Å². The summed E-state index contributed by atoms with van der Waals surface area (Å²) in [5.74, 6) is 0.995. The lowest BCUT2D eigenvalue weighted by atomic mass is 10.2. The quantitative estimate of drug-likeness (QED) is 0.392. The van der Waals surface area contributed by atoms with E-state index in [2.05, 4.69) is 26.5 Å². The van der Waals surface area contributed by atoms with Crippen LogP contribution in [0.15, 0.2) is 76.3 Å². The first-order valence-electron chi connectivity index (χ1n) is 8.24. The van der Waals surface area contributed by atoms with Gasteiger partial charge in [-0.3, -0.25) is 5.43 Å². The second-order valence-electron chi connectivity index (χ2n) is 5.70. The van der Waals surface area contributed by atoms with Gasteiger partial charge in [0.2, 0.25) is 0 Å². The summed E-state index contributed by atoms with van der Waals surface area (Å²) >= 11 is 3.42. The number of nitrogens with one attached hydrogen (secondary N) is 1. The Labute approximate surface area is 165 Å². The molecule has 3 aromatic carbocycles. The number of nitrogens with zero attached hydrogens (tertiary/aromatic N) is 1. The van der Waals surface area contributed by atoms with E-state index >= 15 is 0 Å². The molecule has 0 fully saturated rings. The molecule has 0 unspecified atom stereocenters. The van der Waals surface area contributed by atoms with E-state index in [0.717, 1.165) is 15.6 Å². The van der Waals surface area contributed by atoms with Crippen molar-refractivity contribution in [3.63, 3.8) is 0 Å². The molecule has 0 atom stereocenters. The molecule has 3 rings (SSSR count). The Kier molecular flexibility index (Phi) is 6.44. The molecule has 0 spiro atoms. The highest BCUT2D eigenvalue weighted by molar-refractivity contribution is 9.10. The number of hydrogen-bond donors (Lipinski definition) is 1. The van der Waals surface area contributed by atoms with Crippen LogP contribution in [0.2, 0.25) is 0 Å². The number of hydrogen-bond acceptors (Lipinski definition) is 4. The number of hydrazone groups is 1. The topological polar surface area (TPSA) is 42.8 Å². The molecule has 0 saturated heterocycles. The highest BCUT2D eigenvalue weighted by atomic mass is 79.9. The van der Waals surface area contributed by atoms with Crippen LogP contribution in [-0.2, 0) is 6.61 Å². The van der Waals surface area contributed by atoms with Crippen molar-refractivity contribution in [2.75, 3.05) is 12.5 Å². The molecule has 0 amide bonds. The van der Waals surface area contributed by atoms with Crippen molar-refractivity contribution in [2.45, 2.75) is 6.61 Å². The largest absolute Gasteiger partial charge is 0.493 e. The number of anilines is 1. The highest BCUT2D eigenvalue weighted by Crippen LogP contribution is 2.28. The van der Waals surface area contributed by atoms with E-state index in [1.807, 2.05) is 42.5 Å². The molecule has 1 N–H and O–H groups in total. The Morgan fingerprint density at radius 2 is 1.74 bits per heavy atom. The van der Waals surface area contributed by atoms with Gasteiger partial charge in [-0.15, -0.1) is 0 Å². The first-order chi connectivity index (χ1) is 13.1. The predicted molar refractivity (Wildman–Crippen MR) is 109 cm³/mol. The van der Waals surface area contributed by atoms with Gasteiger partial charge in [-0.2, -0.15) is 5.10 Å².